The van der Waals surface area contributed by atoms with Crippen molar-refractivity contribution in [1.29, 1.82) is 0 Å². The zero-order chi connectivity index (χ0) is 28.4. The standard InChI is InChI=1S/C31H26N2O7/c1-3-18(2)32-27(34)24-16-20-13-14-21(17-26(20)40-30(24)37)39-31(38)25(15-19-9-5-4-6-10-19)33-28(35)22-11-7-8-12-23(22)29(33)36/h4-14,16-18,25H,3,15H2,1-2H3,(H,32,34). The average Bonchev–Trinajstić information content (AvgIpc) is 3.21. The molecule has 2 unspecified atom stereocenters. The van der Waals surface area contributed by atoms with Gasteiger partial charge in [-0.1, -0.05) is 49.4 Å². The number of benzene rings is 3. The van der Waals surface area contributed by atoms with Gasteiger partial charge in [0.25, 0.3) is 17.7 Å². The van der Waals surface area contributed by atoms with E-state index in [0.717, 1.165) is 10.5 Å². The zero-order valence-corrected chi connectivity index (χ0v) is 21.9. The van der Waals surface area contributed by atoms with Crippen LogP contribution in [-0.2, 0) is 11.2 Å². The number of carbonyl (C=O) groups excluding carboxylic acids is 4. The molecule has 9 heteroatoms. The second-order valence-electron chi connectivity index (χ2n) is 9.58. The zero-order valence-electron chi connectivity index (χ0n) is 21.9. The maximum atomic E-state index is 13.5. The Labute approximate surface area is 229 Å². The predicted molar refractivity (Wildman–Crippen MR) is 146 cm³/mol. The van der Waals surface area contributed by atoms with Crippen LogP contribution in [0.2, 0.25) is 0 Å². The third-order valence-electron chi connectivity index (χ3n) is 6.84. The van der Waals surface area contributed by atoms with Crippen LogP contribution in [0.15, 0.2) is 88.1 Å². The van der Waals surface area contributed by atoms with E-state index in [0.29, 0.717) is 11.8 Å². The summed E-state index contributed by atoms with van der Waals surface area (Å²) in [6.07, 6.45) is 0.744. The maximum absolute atomic E-state index is 13.5. The summed E-state index contributed by atoms with van der Waals surface area (Å²) in [5, 5.41) is 3.19. The first-order valence-corrected chi connectivity index (χ1v) is 12.9. The molecule has 1 N–H and O–H groups in total. The Balaban J connectivity index is 1.43. The molecule has 0 bridgehead atoms. The van der Waals surface area contributed by atoms with Gasteiger partial charge in [-0.3, -0.25) is 19.3 Å². The summed E-state index contributed by atoms with van der Waals surface area (Å²) in [5.41, 5.74) is 0.318. The third-order valence-corrected chi connectivity index (χ3v) is 6.84. The number of fused-ring (bicyclic) bond motifs is 2. The molecule has 2 atom stereocenters. The Kier molecular flexibility index (Phi) is 7.29. The van der Waals surface area contributed by atoms with Crippen LogP contribution in [0.25, 0.3) is 11.0 Å². The molecule has 3 amide bonds. The van der Waals surface area contributed by atoms with Crippen molar-refractivity contribution >= 4 is 34.7 Å². The molecule has 2 heterocycles. The van der Waals surface area contributed by atoms with Crippen LogP contribution < -0.4 is 15.7 Å². The number of carbonyl (C=O) groups is 4. The molecule has 3 aromatic carbocycles. The van der Waals surface area contributed by atoms with E-state index in [4.69, 9.17) is 9.15 Å². The molecule has 0 fully saturated rings. The SMILES string of the molecule is CCC(C)NC(=O)c1cc2ccc(OC(=O)C(Cc3ccccc3)N3C(=O)c4ccccc4C3=O)cc2oc1=O. The van der Waals surface area contributed by atoms with E-state index in [9.17, 15) is 24.0 Å². The van der Waals surface area contributed by atoms with E-state index in [2.05, 4.69) is 5.32 Å². The number of imide groups is 1. The monoisotopic (exact) mass is 538 g/mol. The van der Waals surface area contributed by atoms with E-state index in [-0.39, 0.29) is 40.5 Å². The van der Waals surface area contributed by atoms with Crippen molar-refractivity contribution in [3.63, 3.8) is 0 Å². The van der Waals surface area contributed by atoms with Crippen LogP contribution in [0, 0.1) is 0 Å². The van der Waals surface area contributed by atoms with Crippen molar-refractivity contribution in [2.24, 2.45) is 0 Å². The highest BCUT2D eigenvalue weighted by Crippen LogP contribution is 2.28. The lowest BCUT2D eigenvalue weighted by atomic mass is 10.0. The molecule has 40 heavy (non-hydrogen) atoms. The number of nitrogens with zero attached hydrogens (tertiary/aromatic N) is 1. The smallest absolute Gasteiger partial charge is 0.349 e. The van der Waals surface area contributed by atoms with Gasteiger partial charge < -0.3 is 14.5 Å². The molecular weight excluding hydrogens is 512 g/mol. The molecule has 0 saturated carbocycles. The molecular formula is C31H26N2O7. The Morgan fingerprint density at radius 2 is 1.55 bits per heavy atom. The predicted octanol–water partition coefficient (Wildman–Crippen LogP) is 4.13. The number of esters is 1. The number of nitrogens with one attached hydrogen (secondary N) is 1. The van der Waals surface area contributed by atoms with Crippen LogP contribution in [0.5, 0.6) is 5.75 Å². The summed E-state index contributed by atoms with van der Waals surface area (Å²) in [5.74, 6) is -2.47. The van der Waals surface area contributed by atoms with Crippen molar-refractivity contribution in [1.82, 2.24) is 10.2 Å². The van der Waals surface area contributed by atoms with Crippen molar-refractivity contribution in [2.45, 2.75) is 38.8 Å². The summed E-state index contributed by atoms with van der Waals surface area (Å²) in [4.78, 5) is 65.8. The molecule has 1 aliphatic heterocycles. The van der Waals surface area contributed by atoms with Crippen LogP contribution in [0.1, 0.15) is 56.9 Å². The lowest BCUT2D eigenvalue weighted by Crippen LogP contribution is -2.48. The molecule has 1 aromatic heterocycles. The molecule has 1 aliphatic rings. The van der Waals surface area contributed by atoms with Gasteiger partial charge in [0.15, 0.2) is 0 Å². The Bertz CT molecular complexity index is 1660. The van der Waals surface area contributed by atoms with Crippen LogP contribution >= 0.6 is 0 Å². The topological polar surface area (TPSA) is 123 Å². The van der Waals surface area contributed by atoms with Gasteiger partial charge in [-0.25, -0.2) is 9.59 Å². The summed E-state index contributed by atoms with van der Waals surface area (Å²) in [6.45, 7) is 3.74. The highest BCUT2D eigenvalue weighted by molar-refractivity contribution is 6.22. The Morgan fingerprint density at radius 3 is 2.20 bits per heavy atom. The average molecular weight is 539 g/mol. The largest absolute Gasteiger partial charge is 0.425 e. The van der Waals surface area contributed by atoms with Gasteiger partial charge in [0.2, 0.25) is 0 Å². The van der Waals surface area contributed by atoms with Gasteiger partial charge >= 0.3 is 11.6 Å². The van der Waals surface area contributed by atoms with E-state index >= 15 is 0 Å². The lowest BCUT2D eigenvalue weighted by Gasteiger charge is -2.24. The maximum Gasteiger partial charge on any atom is 0.349 e. The molecule has 9 nitrogen and oxygen atoms in total. The van der Waals surface area contributed by atoms with Gasteiger partial charge in [0.05, 0.1) is 11.1 Å². The minimum atomic E-state index is -1.25. The highest BCUT2D eigenvalue weighted by atomic mass is 16.5. The number of rotatable bonds is 8. The summed E-state index contributed by atoms with van der Waals surface area (Å²) in [6, 6.07) is 19.8. The number of amides is 3. The first-order valence-electron chi connectivity index (χ1n) is 12.9. The van der Waals surface area contributed by atoms with Gasteiger partial charge in [-0.05, 0) is 49.2 Å². The highest BCUT2D eigenvalue weighted by Gasteiger charge is 2.43. The number of ether oxygens (including phenoxy) is 1. The Morgan fingerprint density at radius 1 is 0.900 bits per heavy atom. The quantitative estimate of drug-likeness (QED) is 0.155. The second kappa shape index (κ2) is 11.0. The molecule has 0 radical (unpaired) electrons. The van der Waals surface area contributed by atoms with Crippen molar-refractivity contribution < 1.29 is 28.3 Å². The van der Waals surface area contributed by atoms with Crippen molar-refractivity contribution in [3.05, 3.63) is 112 Å². The first kappa shape index (κ1) is 26.6. The van der Waals surface area contributed by atoms with E-state index < -0.39 is 35.4 Å². The fraction of sp³-hybridized carbons (Fsp3) is 0.194. The molecule has 0 saturated heterocycles. The third kappa shape index (κ3) is 5.13. The van der Waals surface area contributed by atoms with Crippen molar-refractivity contribution in [2.75, 3.05) is 0 Å². The fourth-order valence-electron chi connectivity index (χ4n) is 4.51. The van der Waals surface area contributed by atoms with Crippen LogP contribution in [0.3, 0.4) is 0 Å². The summed E-state index contributed by atoms with van der Waals surface area (Å²) in [7, 11) is 0. The van der Waals surface area contributed by atoms with Crippen LogP contribution in [-0.4, -0.2) is 40.7 Å². The molecule has 4 aromatic rings. The summed E-state index contributed by atoms with van der Waals surface area (Å²) >= 11 is 0. The van der Waals surface area contributed by atoms with Gasteiger partial charge in [-0.2, -0.15) is 0 Å². The van der Waals surface area contributed by atoms with Gasteiger partial charge in [0.1, 0.15) is 22.9 Å². The molecule has 202 valence electrons. The van der Waals surface area contributed by atoms with E-state index in [1.807, 2.05) is 19.9 Å². The molecule has 0 aliphatic carbocycles. The lowest BCUT2D eigenvalue weighted by molar-refractivity contribution is -0.138. The Hall–Kier alpha value is -5.05. The van der Waals surface area contributed by atoms with Crippen molar-refractivity contribution in [3.8, 4) is 5.75 Å². The molecule has 5 rings (SSSR count). The van der Waals surface area contributed by atoms with Gasteiger partial charge in [0, 0.05) is 23.9 Å². The summed E-state index contributed by atoms with van der Waals surface area (Å²) < 4.78 is 11.0. The second-order valence-corrected chi connectivity index (χ2v) is 9.58. The van der Waals surface area contributed by atoms with Gasteiger partial charge in [-0.15, -0.1) is 0 Å². The van der Waals surface area contributed by atoms with E-state index in [1.165, 1.54) is 18.2 Å². The number of hydrogen-bond acceptors (Lipinski definition) is 7. The normalized spacial score (nSPS) is 14.1. The minimum absolute atomic E-state index is 0.0441. The first-order chi connectivity index (χ1) is 19.3. The van der Waals surface area contributed by atoms with E-state index in [1.54, 1.807) is 54.6 Å². The fourth-order valence-corrected chi connectivity index (χ4v) is 4.51. The minimum Gasteiger partial charge on any atom is -0.425 e. The number of hydrogen-bond donors (Lipinski definition) is 1. The van der Waals surface area contributed by atoms with Crippen LogP contribution in [0.4, 0.5) is 0 Å². The molecule has 0 spiro atoms.